The lowest BCUT2D eigenvalue weighted by Crippen LogP contribution is -2.10. The molecule has 2 N–H and O–H groups in total. The monoisotopic (exact) mass is 370 g/mol. The van der Waals surface area contributed by atoms with Crippen molar-refractivity contribution in [3.05, 3.63) is 70.4 Å². The second-order valence-corrected chi connectivity index (χ2v) is 5.32. The number of hydrogen-bond donors (Lipinski definition) is 2. The molecule has 0 aliphatic rings. The van der Waals surface area contributed by atoms with Gasteiger partial charge in [-0.1, -0.05) is 67.0 Å². The zero-order valence-electron chi connectivity index (χ0n) is 14.9. The maximum Gasteiger partial charge on any atom is 0.207 e. The van der Waals surface area contributed by atoms with Crippen LogP contribution in [-0.2, 0) is 11.3 Å². The average Bonchev–Trinajstić information content (AvgIpc) is 2.57. The van der Waals surface area contributed by atoms with E-state index in [1.165, 1.54) is 28.4 Å². The minimum atomic E-state index is 0.449. The van der Waals surface area contributed by atoms with E-state index in [2.05, 4.69) is 30.2 Å². The summed E-state index contributed by atoms with van der Waals surface area (Å²) in [6, 6.07) is 7.99. The topological polar surface area (TPSA) is 41.1 Å². The van der Waals surface area contributed by atoms with E-state index in [0.29, 0.717) is 18.0 Å². The van der Waals surface area contributed by atoms with Gasteiger partial charge in [0.2, 0.25) is 6.41 Å². The zero-order chi connectivity index (χ0) is 18.8. The summed E-state index contributed by atoms with van der Waals surface area (Å²) in [5.74, 6) is 0. The summed E-state index contributed by atoms with van der Waals surface area (Å²) in [5.41, 5.74) is 5.00. The molecule has 1 aromatic carbocycles. The van der Waals surface area contributed by atoms with Gasteiger partial charge in [0, 0.05) is 29.9 Å². The molecule has 0 radical (unpaired) electrons. The molecule has 0 fully saturated rings. The highest BCUT2D eigenvalue weighted by molar-refractivity contribution is 6.32. The highest BCUT2D eigenvalue weighted by Crippen LogP contribution is 2.05. The molecule has 24 heavy (non-hydrogen) atoms. The molecular weight excluding hydrogens is 343 g/mol. The fraction of sp³-hybridized carbons (Fsp3) is 0.316. The van der Waals surface area contributed by atoms with Crippen LogP contribution in [0.5, 0.6) is 0 Å². The first-order valence-electron chi connectivity index (χ1n) is 7.62. The van der Waals surface area contributed by atoms with Crippen LogP contribution < -0.4 is 10.6 Å². The quantitative estimate of drug-likeness (QED) is 0.530. The molecule has 0 aliphatic heterocycles. The van der Waals surface area contributed by atoms with Gasteiger partial charge in [0.25, 0.3) is 0 Å². The summed E-state index contributed by atoms with van der Waals surface area (Å²) >= 11 is 10.3. The normalized spacial score (nSPS) is 10.0. The third-order valence-electron chi connectivity index (χ3n) is 2.93. The molecule has 0 aliphatic carbocycles. The molecule has 1 aromatic rings. The predicted octanol–water partition coefficient (Wildman–Crippen LogP) is 5.25. The third kappa shape index (κ3) is 15.2. The number of nitrogens with one attached hydrogen (secondary N) is 2. The maximum atomic E-state index is 9.98. The van der Waals surface area contributed by atoms with Crippen molar-refractivity contribution in [1.82, 2.24) is 10.6 Å². The molecule has 5 heteroatoms. The lowest BCUT2D eigenvalue weighted by molar-refractivity contribution is -0.109. The molecule has 3 nitrogen and oxygen atoms in total. The van der Waals surface area contributed by atoms with Crippen molar-refractivity contribution in [2.75, 3.05) is 7.05 Å². The average molecular weight is 371 g/mol. The van der Waals surface area contributed by atoms with Gasteiger partial charge in [-0.15, -0.1) is 0 Å². The van der Waals surface area contributed by atoms with Crippen LogP contribution in [0.3, 0.4) is 0 Å². The van der Waals surface area contributed by atoms with Crippen LogP contribution in [-0.4, -0.2) is 13.5 Å². The lowest BCUT2D eigenvalue weighted by atomic mass is 10.1. The van der Waals surface area contributed by atoms with Crippen LogP contribution in [0.15, 0.2) is 59.3 Å². The van der Waals surface area contributed by atoms with E-state index in [9.17, 15) is 4.79 Å². The fourth-order valence-electron chi connectivity index (χ4n) is 1.55. The summed E-state index contributed by atoms with van der Waals surface area (Å²) in [6.07, 6.45) is 5.41. The van der Waals surface area contributed by atoms with Gasteiger partial charge in [0.05, 0.1) is 0 Å². The second kappa shape index (κ2) is 17.6. The first-order chi connectivity index (χ1) is 11.5. The van der Waals surface area contributed by atoms with E-state index in [0.717, 1.165) is 6.42 Å². The SMILES string of the molecule is C/C=C(\CC)NC.C=C(Cl)/C=C/Cl.Cc1ccccc1CNC=O. The zero-order valence-corrected chi connectivity index (χ0v) is 16.4. The van der Waals surface area contributed by atoms with E-state index in [1.807, 2.05) is 45.2 Å². The molecule has 0 saturated heterocycles. The lowest BCUT2D eigenvalue weighted by Gasteiger charge is -2.02. The molecule has 0 heterocycles. The van der Waals surface area contributed by atoms with Crippen molar-refractivity contribution < 1.29 is 4.79 Å². The molecule has 0 saturated carbocycles. The van der Waals surface area contributed by atoms with Gasteiger partial charge in [-0.2, -0.15) is 0 Å². The Balaban J connectivity index is 0. The number of halogens is 2. The Bertz CT molecular complexity index is 520. The van der Waals surface area contributed by atoms with Gasteiger partial charge < -0.3 is 10.6 Å². The summed E-state index contributed by atoms with van der Waals surface area (Å²) < 4.78 is 0. The standard InChI is InChI=1S/C9H11NO.C6H13N.C4H4Cl2/c1-8-4-2-3-5-9(8)6-10-7-11;1-4-6(5-2)7-3;1-4(6)2-3-5/h2-5,7H,6H2,1H3,(H,10,11);4,7H,5H2,1-3H3;2-3H,1H2/b;6-4+;3-2+. The fourth-order valence-corrected chi connectivity index (χ4v) is 1.83. The van der Waals surface area contributed by atoms with Gasteiger partial charge in [-0.3, -0.25) is 4.79 Å². The number of carbonyl (C=O) groups is 1. The number of amides is 1. The number of benzene rings is 1. The van der Waals surface area contributed by atoms with E-state index in [4.69, 9.17) is 23.2 Å². The number of aryl methyl sites for hydroxylation is 1. The van der Waals surface area contributed by atoms with Crippen LogP contribution in [0.25, 0.3) is 0 Å². The van der Waals surface area contributed by atoms with Crippen molar-refractivity contribution in [2.45, 2.75) is 33.7 Å². The summed E-state index contributed by atoms with van der Waals surface area (Å²) in [7, 11) is 1.94. The third-order valence-corrected chi connectivity index (χ3v) is 3.18. The number of carbonyl (C=O) groups excluding carboxylic acids is 1. The van der Waals surface area contributed by atoms with E-state index < -0.39 is 0 Å². The van der Waals surface area contributed by atoms with Gasteiger partial charge in [0.15, 0.2) is 0 Å². The van der Waals surface area contributed by atoms with E-state index >= 15 is 0 Å². The number of rotatable bonds is 6. The first-order valence-corrected chi connectivity index (χ1v) is 8.43. The Hall–Kier alpha value is -1.71. The van der Waals surface area contributed by atoms with Crippen molar-refractivity contribution in [3.8, 4) is 0 Å². The van der Waals surface area contributed by atoms with Gasteiger partial charge in [-0.25, -0.2) is 0 Å². The highest BCUT2D eigenvalue weighted by atomic mass is 35.5. The van der Waals surface area contributed by atoms with E-state index in [-0.39, 0.29) is 0 Å². The molecular formula is C19H28Cl2N2O. The Labute approximate surface area is 156 Å². The molecule has 1 rings (SSSR count). The van der Waals surface area contributed by atoms with Crippen molar-refractivity contribution in [1.29, 1.82) is 0 Å². The summed E-state index contributed by atoms with van der Waals surface area (Å²) in [6.45, 7) is 10.2. The van der Waals surface area contributed by atoms with E-state index in [1.54, 1.807) is 0 Å². The Morgan fingerprint density at radius 1 is 1.33 bits per heavy atom. The molecule has 1 amide bonds. The minimum Gasteiger partial charge on any atom is -0.392 e. The largest absolute Gasteiger partial charge is 0.392 e. The predicted molar refractivity (Wildman–Crippen MR) is 107 cm³/mol. The van der Waals surface area contributed by atoms with Gasteiger partial charge in [-0.05, 0) is 37.5 Å². The molecule has 0 unspecified atom stereocenters. The Morgan fingerprint density at radius 3 is 2.25 bits per heavy atom. The van der Waals surface area contributed by atoms with Crippen LogP contribution in [0, 0.1) is 6.92 Å². The van der Waals surface area contributed by atoms with Crippen LogP contribution in [0.4, 0.5) is 0 Å². The molecule has 0 aromatic heterocycles. The Kier molecular flexibility index (Phi) is 18.0. The van der Waals surface area contributed by atoms with Crippen LogP contribution in [0.1, 0.15) is 31.4 Å². The Morgan fingerprint density at radius 2 is 1.96 bits per heavy atom. The molecule has 0 spiro atoms. The first kappa shape index (κ1) is 24.5. The highest BCUT2D eigenvalue weighted by Gasteiger charge is 1.93. The summed E-state index contributed by atoms with van der Waals surface area (Å²) in [5, 5.41) is 6.14. The van der Waals surface area contributed by atoms with Crippen LogP contribution >= 0.6 is 23.2 Å². The minimum absolute atomic E-state index is 0.449. The van der Waals surface area contributed by atoms with Crippen molar-refractivity contribution in [2.24, 2.45) is 0 Å². The van der Waals surface area contributed by atoms with Crippen molar-refractivity contribution >= 4 is 29.6 Å². The van der Waals surface area contributed by atoms with Crippen molar-refractivity contribution in [3.63, 3.8) is 0 Å². The number of hydrogen-bond acceptors (Lipinski definition) is 2. The molecule has 0 bridgehead atoms. The summed E-state index contributed by atoms with van der Waals surface area (Å²) in [4.78, 5) is 9.98. The molecule has 134 valence electrons. The van der Waals surface area contributed by atoms with Crippen LogP contribution in [0.2, 0.25) is 0 Å². The second-order valence-electron chi connectivity index (χ2n) is 4.58. The van der Waals surface area contributed by atoms with Gasteiger partial charge in [0.1, 0.15) is 0 Å². The smallest absolute Gasteiger partial charge is 0.207 e. The van der Waals surface area contributed by atoms with Gasteiger partial charge >= 0.3 is 0 Å². The maximum absolute atomic E-state index is 9.98. The number of allylic oxidation sites excluding steroid dienone is 4. The molecule has 0 atom stereocenters.